The second kappa shape index (κ2) is 6.68. The van der Waals surface area contributed by atoms with E-state index in [1.165, 1.54) is 11.6 Å². The van der Waals surface area contributed by atoms with Crippen molar-refractivity contribution in [2.24, 2.45) is 0 Å². The number of aryl methyl sites for hydroxylation is 1. The van der Waals surface area contributed by atoms with Crippen LogP contribution in [0.25, 0.3) is 0 Å². The van der Waals surface area contributed by atoms with Crippen molar-refractivity contribution >= 4 is 23.0 Å². The number of anilines is 2. The van der Waals surface area contributed by atoms with Crippen LogP contribution in [0, 0.1) is 5.82 Å². The zero-order chi connectivity index (χ0) is 15.4. The third kappa shape index (κ3) is 3.58. The lowest BCUT2D eigenvalue weighted by Crippen LogP contribution is -1.99. The zero-order valence-electron chi connectivity index (χ0n) is 11.8. The van der Waals surface area contributed by atoms with Crippen molar-refractivity contribution < 1.29 is 9.13 Å². The number of nitrogen functional groups attached to an aromatic ring is 2. The maximum atomic E-state index is 14.0. The molecular formula is C16H18ClFN2O. The van der Waals surface area contributed by atoms with Gasteiger partial charge in [-0.05, 0) is 36.6 Å². The fourth-order valence-corrected chi connectivity index (χ4v) is 2.12. The molecule has 2 rings (SSSR count). The van der Waals surface area contributed by atoms with Gasteiger partial charge in [-0.2, -0.15) is 0 Å². The Hall–Kier alpha value is -1.94. The summed E-state index contributed by atoms with van der Waals surface area (Å²) < 4.78 is 19.5. The van der Waals surface area contributed by atoms with Gasteiger partial charge >= 0.3 is 0 Å². The third-order valence-electron chi connectivity index (χ3n) is 3.18. The van der Waals surface area contributed by atoms with Gasteiger partial charge in [0, 0.05) is 0 Å². The van der Waals surface area contributed by atoms with Gasteiger partial charge in [0.05, 0.1) is 11.4 Å². The van der Waals surface area contributed by atoms with Gasteiger partial charge in [0.1, 0.15) is 10.8 Å². The van der Waals surface area contributed by atoms with Crippen LogP contribution in [0.2, 0.25) is 5.02 Å². The van der Waals surface area contributed by atoms with Crippen LogP contribution in [-0.2, 0) is 6.42 Å². The fourth-order valence-electron chi connectivity index (χ4n) is 1.98. The predicted octanol–water partition coefficient (Wildman–Crippen LogP) is 4.78. The lowest BCUT2D eigenvalue weighted by Gasteiger charge is -2.12. The van der Waals surface area contributed by atoms with Crippen LogP contribution in [0.4, 0.5) is 15.8 Å². The Bertz CT molecular complexity index is 629. The minimum Gasteiger partial charge on any atom is -0.452 e. The average molecular weight is 309 g/mol. The monoisotopic (exact) mass is 308 g/mol. The van der Waals surface area contributed by atoms with Gasteiger partial charge in [-0.25, -0.2) is 4.39 Å². The second-order valence-electron chi connectivity index (χ2n) is 4.86. The van der Waals surface area contributed by atoms with Gasteiger partial charge in [0.25, 0.3) is 0 Å². The summed E-state index contributed by atoms with van der Waals surface area (Å²) in [5.74, 6) is -0.346. The molecule has 2 aromatic rings. The first-order valence-electron chi connectivity index (χ1n) is 6.82. The molecule has 4 N–H and O–H groups in total. The van der Waals surface area contributed by atoms with Crippen LogP contribution in [0.3, 0.4) is 0 Å². The van der Waals surface area contributed by atoms with E-state index < -0.39 is 5.82 Å². The van der Waals surface area contributed by atoms with E-state index in [1.807, 2.05) is 12.1 Å². The molecule has 0 radical (unpaired) electrons. The van der Waals surface area contributed by atoms with E-state index in [0.29, 0.717) is 5.75 Å². The molecule has 21 heavy (non-hydrogen) atoms. The maximum Gasteiger partial charge on any atom is 0.188 e. The van der Waals surface area contributed by atoms with Crippen molar-refractivity contribution in [3.8, 4) is 11.5 Å². The van der Waals surface area contributed by atoms with Crippen molar-refractivity contribution in [3.63, 3.8) is 0 Å². The molecule has 2 aromatic carbocycles. The highest BCUT2D eigenvalue weighted by molar-refractivity contribution is 6.33. The SMILES string of the molecule is CCCCc1ccc(Oc2c(N)cc(N)c(Cl)c2F)cc1. The quantitative estimate of drug-likeness (QED) is 0.781. The average Bonchev–Trinajstić information content (AvgIpc) is 2.48. The van der Waals surface area contributed by atoms with Gasteiger partial charge in [-0.3, -0.25) is 0 Å². The van der Waals surface area contributed by atoms with Gasteiger partial charge in [0.15, 0.2) is 11.6 Å². The molecule has 112 valence electrons. The molecule has 0 aliphatic carbocycles. The second-order valence-corrected chi connectivity index (χ2v) is 5.24. The summed E-state index contributed by atoms with van der Waals surface area (Å²) >= 11 is 5.77. The van der Waals surface area contributed by atoms with Gasteiger partial charge in [-0.15, -0.1) is 0 Å². The molecule has 0 aromatic heterocycles. The highest BCUT2D eigenvalue weighted by Gasteiger charge is 2.16. The van der Waals surface area contributed by atoms with Crippen molar-refractivity contribution in [2.45, 2.75) is 26.2 Å². The van der Waals surface area contributed by atoms with E-state index in [9.17, 15) is 4.39 Å². The largest absolute Gasteiger partial charge is 0.452 e. The van der Waals surface area contributed by atoms with Gasteiger partial charge < -0.3 is 16.2 Å². The summed E-state index contributed by atoms with van der Waals surface area (Å²) in [5.41, 5.74) is 12.7. The first kappa shape index (κ1) is 15.4. The highest BCUT2D eigenvalue weighted by Crippen LogP contribution is 2.38. The number of ether oxygens (including phenoxy) is 1. The van der Waals surface area contributed by atoms with Crippen molar-refractivity contribution in [1.29, 1.82) is 0 Å². The Morgan fingerprint density at radius 1 is 1.14 bits per heavy atom. The van der Waals surface area contributed by atoms with Crippen molar-refractivity contribution in [2.75, 3.05) is 11.5 Å². The Balaban J connectivity index is 2.20. The molecule has 0 saturated carbocycles. The molecule has 0 saturated heterocycles. The highest BCUT2D eigenvalue weighted by atomic mass is 35.5. The summed E-state index contributed by atoms with van der Waals surface area (Å²) in [6, 6.07) is 8.87. The van der Waals surface area contributed by atoms with E-state index in [0.717, 1.165) is 19.3 Å². The van der Waals surface area contributed by atoms with Crippen LogP contribution in [0.1, 0.15) is 25.3 Å². The molecule has 0 atom stereocenters. The fraction of sp³-hybridized carbons (Fsp3) is 0.250. The Labute approximate surface area is 128 Å². The summed E-state index contributed by atoms with van der Waals surface area (Å²) in [6.45, 7) is 2.15. The van der Waals surface area contributed by atoms with Crippen molar-refractivity contribution in [3.05, 3.63) is 46.7 Å². The molecule has 0 aliphatic heterocycles. The van der Waals surface area contributed by atoms with E-state index in [4.69, 9.17) is 27.8 Å². The van der Waals surface area contributed by atoms with E-state index in [2.05, 4.69) is 6.92 Å². The molecule has 0 bridgehead atoms. The molecular weight excluding hydrogens is 291 g/mol. The molecule has 0 unspecified atom stereocenters. The topological polar surface area (TPSA) is 61.3 Å². The summed E-state index contributed by atoms with van der Waals surface area (Å²) in [4.78, 5) is 0. The molecule has 0 spiro atoms. The number of unbranched alkanes of at least 4 members (excludes halogenated alkanes) is 1. The zero-order valence-corrected chi connectivity index (χ0v) is 12.6. The van der Waals surface area contributed by atoms with Crippen LogP contribution < -0.4 is 16.2 Å². The number of hydrogen-bond donors (Lipinski definition) is 2. The maximum absolute atomic E-state index is 14.0. The molecule has 0 amide bonds. The molecule has 0 fully saturated rings. The smallest absolute Gasteiger partial charge is 0.188 e. The normalized spacial score (nSPS) is 10.6. The number of halogens is 2. The lowest BCUT2D eigenvalue weighted by atomic mass is 10.1. The lowest BCUT2D eigenvalue weighted by molar-refractivity contribution is 0.445. The number of benzene rings is 2. The molecule has 5 heteroatoms. The van der Waals surface area contributed by atoms with E-state index in [1.54, 1.807) is 12.1 Å². The van der Waals surface area contributed by atoms with Crippen LogP contribution in [0.15, 0.2) is 30.3 Å². The first-order valence-corrected chi connectivity index (χ1v) is 7.20. The van der Waals surface area contributed by atoms with Crippen LogP contribution in [-0.4, -0.2) is 0 Å². The summed E-state index contributed by atoms with van der Waals surface area (Å²) in [6.07, 6.45) is 3.29. The predicted molar refractivity (Wildman–Crippen MR) is 85.4 cm³/mol. The number of hydrogen-bond acceptors (Lipinski definition) is 3. The molecule has 3 nitrogen and oxygen atoms in total. The minimum atomic E-state index is -0.746. The van der Waals surface area contributed by atoms with Gasteiger partial charge in [-0.1, -0.05) is 37.1 Å². The minimum absolute atomic E-state index is 0.0916. The number of rotatable bonds is 5. The van der Waals surface area contributed by atoms with Crippen LogP contribution in [0.5, 0.6) is 11.5 Å². The summed E-state index contributed by atoms with van der Waals surface area (Å²) in [5, 5.41) is -0.182. The molecule has 0 aliphatic rings. The first-order chi connectivity index (χ1) is 10.0. The third-order valence-corrected chi connectivity index (χ3v) is 3.57. The van der Waals surface area contributed by atoms with Crippen LogP contribution >= 0.6 is 11.6 Å². The Morgan fingerprint density at radius 2 is 1.81 bits per heavy atom. The summed E-state index contributed by atoms with van der Waals surface area (Å²) in [7, 11) is 0. The van der Waals surface area contributed by atoms with E-state index in [-0.39, 0.29) is 22.1 Å². The Morgan fingerprint density at radius 3 is 2.43 bits per heavy atom. The Kier molecular flexibility index (Phi) is 4.91. The number of nitrogens with two attached hydrogens (primary N) is 2. The standard InChI is InChI=1S/C16H18ClFN2O/c1-2-3-4-10-5-7-11(8-6-10)21-16-13(20)9-12(19)14(17)15(16)18/h5-9H,2-4,19-20H2,1H3. The van der Waals surface area contributed by atoms with Gasteiger partial charge in [0.2, 0.25) is 0 Å². The van der Waals surface area contributed by atoms with Crippen molar-refractivity contribution in [1.82, 2.24) is 0 Å². The van der Waals surface area contributed by atoms with E-state index >= 15 is 0 Å². The molecule has 0 heterocycles.